The normalized spacial score (nSPS) is 15.5. The fraction of sp³-hybridized carbons (Fsp3) is 0.474. The Morgan fingerprint density at radius 2 is 2.00 bits per heavy atom. The molecule has 2 aromatic rings. The van der Waals surface area contributed by atoms with Crippen molar-refractivity contribution >= 4 is 17.8 Å². The van der Waals surface area contributed by atoms with Crippen molar-refractivity contribution in [2.75, 3.05) is 25.1 Å². The number of amides is 1. The molecule has 168 valence electrons. The van der Waals surface area contributed by atoms with Gasteiger partial charge in [0.15, 0.2) is 5.69 Å². The first-order valence-electron chi connectivity index (χ1n) is 9.57. The topological polar surface area (TPSA) is 105 Å². The Labute approximate surface area is 176 Å². The first kappa shape index (κ1) is 22.5. The number of anilines is 1. The lowest BCUT2D eigenvalue weighted by Gasteiger charge is -2.35. The number of halogens is 3. The number of rotatable bonds is 6. The molecule has 0 unspecified atom stereocenters. The van der Waals surface area contributed by atoms with E-state index in [0.29, 0.717) is 30.1 Å². The Kier molecular flexibility index (Phi) is 6.78. The number of carbonyl (C=O) groups excluding carboxylic acids is 1. The maximum Gasteiger partial charge on any atom is 0.522 e. The second-order valence-corrected chi connectivity index (χ2v) is 7.07. The molecular formula is C19H23F3N6O3. The highest BCUT2D eigenvalue weighted by Gasteiger charge is 2.35. The first-order valence-corrected chi connectivity index (χ1v) is 9.57. The van der Waals surface area contributed by atoms with Crippen LogP contribution in [0.2, 0.25) is 0 Å². The third-order valence-electron chi connectivity index (χ3n) is 4.97. The number of hydrazone groups is 1. The molecule has 0 saturated carbocycles. The largest absolute Gasteiger partial charge is 0.522 e. The predicted molar refractivity (Wildman–Crippen MR) is 106 cm³/mol. The summed E-state index contributed by atoms with van der Waals surface area (Å²) in [6.07, 6.45) is -3.51. The molecule has 2 heterocycles. The van der Waals surface area contributed by atoms with Gasteiger partial charge in [-0.1, -0.05) is 0 Å². The van der Waals surface area contributed by atoms with Crippen molar-refractivity contribution in [3.63, 3.8) is 0 Å². The van der Waals surface area contributed by atoms with Gasteiger partial charge in [-0.2, -0.15) is 20.5 Å². The second-order valence-electron chi connectivity index (χ2n) is 7.07. The number of H-pyrrole nitrogens is 1. The summed E-state index contributed by atoms with van der Waals surface area (Å²) >= 11 is 0. The lowest BCUT2D eigenvalue weighted by Crippen LogP contribution is -2.39. The molecule has 0 spiro atoms. The van der Waals surface area contributed by atoms with Gasteiger partial charge in [0.2, 0.25) is 0 Å². The highest BCUT2D eigenvalue weighted by Crippen LogP contribution is 2.33. The number of piperidine rings is 1. The van der Waals surface area contributed by atoms with Crippen LogP contribution in [0.4, 0.5) is 18.9 Å². The number of aryl methyl sites for hydroxylation is 1. The lowest BCUT2D eigenvalue weighted by molar-refractivity contribution is -0.344. The van der Waals surface area contributed by atoms with Crippen LogP contribution in [0, 0.1) is 13.8 Å². The van der Waals surface area contributed by atoms with E-state index in [4.69, 9.17) is 4.74 Å². The fourth-order valence-electron chi connectivity index (χ4n) is 3.43. The molecule has 1 fully saturated rings. The van der Waals surface area contributed by atoms with Gasteiger partial charge in [0.25, 0.3) is 5.91 Å². The molecule has 0 radical (unpaired) electrons. The minimum atomic E-state index is -4.63. The first-order chi connectivity index (χ1) is 14.7. The number of hydrogen-bond acceptors (Lipinski definition) is 7. The summed E-state index contributed by atoms with van der Waals surface area (Å²) in [7, 11) is 1.53. The van der Waals surface area contributed by atoms with Crippen LogP contribution in [0.25, 0.3) is 0 Å². The van der Waals surface area contributed by atoms with E-state index in [1.54, 1.807) is 13.0 Å². The van der Waals surface area contributed by atoms with Crippen molar-refractivity contribution in [2.45, 2.75) is 39.2 Å². The van der Waals surface area contributed by atoms with Crippen LogP contribution in [-0.2, 0) is 4.74 Å². The highest BCUT2D eigenvalue weighted by molar-refractivity contribution is 5.94. The summed E-state index contributed by atoms with van der Waals surface area (Å²) in [5, 5.41) is 13.9. The van der Waals surface area contributed by atoms with Crippen molar-refractivity contribution in [1.82, 2.24) is 20.8 Å². The van der Waals surface area contributed by atoms with E-state index in [9.17, 15) is 18.0 Å². The van der Waals surface area contributed by atoms with Gasteiger partial charge in [-0.3, -0.25) is 9.53 Å². The lowest BCUT2D eigenvalue weighted by atomic mass is 10.0. The van der Waals surface area contributed by atoms with Crippen LogP contribution in [0.1, 0.15) is 40.2 Å². The Hall–Kier alpha value is -3.15. The SMILES string of the molecule is COc1cc(/C=N/NC(=O)c2n[nH]nc2C)cc(N2CCC(OC(F)(F)F)CC2)c1C. The van der Waals surface area contributed by atoms with Crippen LogP contribution in [0.5, 0.6) is 5.75 Å². The maximum atomic E-state index is 12.5. The molecule has 0 bridgehead atoms. The van der Waals surface area contributed by atoms with Gasteiger partial charge in [0.1, 0.15) is 5.75 Å². The molecule has 1 aliphatic rings. The van der Waals surface area contributed by atoms with Gasteiger partial charge < -0.3 is 9.64 Å². The van der Waals surface area contributed by atoms with E-state index in [0.717, 1.165) is 11.3 Å². The number of methoxy groups -OCH3 is 1. The van der Waals surface area contributed by atoms with Crippen LogP contribution in [-0.4, -0.2) is 60.2 Å². The number of alkyl halides is 3. The molecule has 0 atom stereocenters. The molecule has 0 aliphatic carbocycles. The highest BCUT2D eigenvalue weighted by atomic mass is 19.4. The summed E-state index contributed by atoms with van der Waals surface area (Å²) in [5.41, 5.74) is 5.31. The van der Waals surface area contributed by atoms with Gasteiger partial charge in [-0.15, -0.1) is 13.2 Å². The average Bonchev–Trinajstić information content (AvgIpc) is 3.14. The van der Waals surface area contributed by atoms with Crippen molar-refractivity contribution in [1.29, 1.82) is 0 Å². The van der Waals surface area contributed by atoms with E-state index >= 15 is 0 Å². The van der Waals surface area contributed by atoms with E-state index in [-0.39, 0.29) is 18.5 Å². The zero-order chi connectivity index (χ0) is 22.6. The van der Waals surface area contributed by atoms with Crippen molar-refractivity contribution in [3.05, 3.63) is 34.6 Å². The molecule has 1 aliphatic heterocycles. The van der Waals surface area contributed by atoms with E-state index in [2.05, 4.69) is 30.7 Å². The van der Waals surface area contributed by atoms with Gasteiger partial charge >= 0.3 is 6.36 Å². The van der Waals surface area contributed by atoms with Gasteiger partial charge in [0, 0.05) is 29.9 Å². The Balaban J connectivity index is 1.71. The van der Waals surface area contributed by atoms with Crippen LogP contribution in [0.3, 0.4) is 0 Å². The summed E-state index contributed by atoms with van der Waals surface area (Å²) in [4.78, 5) is 14.1. The van der Waals surface area contributed by atoms with Gasteiger partial charge in [0.05, 0.1) is 25.1 Å². The minimum absolute atomic E-state index is 0.142. The Morgan fingerprint density at radius 3 is 2.58 bits per heavy atom. The molecule has 1 amide bonds. The summed E-state index contributed by atoms with van der Waals surface area (Å²) in [6.45, 7) is 4.34. The number of nitrogens with zero attached hydrogens (tertiary/aromatic N) is 4. The predicted octanol–water partition coefficient (Wildman–Crippen LogP) is 2.70. The van der Waals surface area contributed by atoms with E-state index < -0.39 is 18.4 Å². The molecule has 1 aromatic carbocycles. The number of benzene rings is 1. The quantitative estimate of drug-likeness (QED) is 0.529. The number of aromatic nitrogens is 3. The number of aromatic amines is 1. The number of carbonyl (C=O) groups is 1. The summed E-state index contributed by atoms with van der Waals surface area (Å²) in [5.74, 6) is 0.0971. The second kappa shape index (κ2) is 9.33. The summed E-state index contributed by atoms with van der Waals surface area (Å²) < 4.78 is 47.0. The molecule has 1 saturated heterocycles. The number of nitrogens with one attached hydrogen (secondary N) is 2. The van der Waals surface area contributed by atoms with E-state index in [1.807, 2.05) is 17.9 Å². The van der Waals surface area contributed by atoms with Gasteiger partial charge in [-0.25, -0.2) is 5.43 Å². The minimum Gasteiger partial charge on any atom is -0.496 e. The van der Waals surface area contributed by atoms with Crippen molar-refractivity contribution < 1.29 is 27.4 Å². The fourth-order valence-corrected chi connectivity index (χ4v) is 3.43. The van der Waals surface area contributed by atoms with Crippen LogP contribution >= 0.6 is 0 Å². The maximum absolute atomic E-state index is 12.5. The summed E-state index contributed by atoms with van der Waals surface area (Å²) in [6, 6.07) is 3.61. The van der Waals surface area contributed by atoms with Crippen molar-refractivity contribution in [3.8, 4) is 5.75 Å². The molecule has 1 aromatic heterocycles. The number of hydrogen-bond donors (Lipinski definition) is 2. The number of ether oxygens (including phenoxy) is 2. The molecule has 12 heteroatoms. The van der Waals surface area contributed by atoms with Crippen molar-refractivity contribution in [2.24, 2.45) is 5.10 Å². The third-order valence-corrected chi connectivity index (χ3v) is 4.97. The monoisotopic (exact) mass is 440 g/mol. The van der Waals surface area contributed by atoms with Gasteiger partial charge in [-0.05, 0) is 38.8 Å². The molecular weight excluding hydrogens is 417 g/mol. The molecule has 3 rings (SSSR count). The molecule has 9 nitrogen and oxygen atoms in total. The zero-order valence-electron chi connectivity index (χ0n) is 17.3. The zero-order valence-corrected chi connectivity index (χ0v) is 17.3. The van der Waals surface area contributed by atoms with E-state index in [1.165, 1.54) is 13.3 Å². The Bertz CT molecular complexity index is 952. The van der Waals surface area contributed by atoms with Crippen LogP contribution < -0.4 is 15.1 Å². The standard InChI is InChI=1S/C19H23F3N6O3/c1-11-15(28-6-4-14(5-7-28)31-19(20,21)22)8-13(9-16(11)30-3)10-23-26-18(29)17-12(2)24-27-25-17/h8-10,14H,4-7H2,1-3H3,(H,26,29)(H,24,25,27)/b23-10+. The molecule has 31 heavy (non-hydrogen) atoms. The smallest absolute Gasteiger partial charge is 0.496 e. The molecule has 2 N–H and O–H groups in total. The van der Waals surface area contributed by atoms with Crippen LogP contribution in [0.15, 0.2) is 17.2 Å². The third kappa shape index (κ3) is 5.72. The average molecular weight is 440 g/mol. The Morgan fingerprint density at radius 1 is 1.29 bits per heavy atom.